The minimum atomic E-state index is -0.357. The Balaban J connectivity index is 1.73. The number of carbonyl (C=O) groups excluding carboxylic acids is 1. The maximum atomic E-state index is 11.4. The highest BCUT2D eigenvalue weighted by molar-refractivity contribution is 5.94. The van der Waals surface area contributed by atoms with Gasteiger partial charge in [-0.1, -0.05) is 0 Å². The van der Waals surface area contributed by atoms with Gasteiger partial charge in [0, 0.05) is 24.0 Å². The normalized spacial score (nSPS) is 27.6. The first-order valence-corrected chi connectivity index (χ1v) is 6.77. The second-order valence-corrected chi connectivity index (χ2v) is 5.48. The van der Waals surface area contributed by atoms with Crippen LogP contribution < -0.4 is 11.1 Å². The molecule has 0 bridgehead atoms. The molecule has 0 aromatic carbocycles. The third-order valence-electron chi connectivity index (χ3n) is 4.16. The number of amides is 1. The van der Waals surface area contributed by atoms with E-state index in [4.69, 9.17) is 5.73 Å². The molecule has 1 amide bonds. The first-order valence-electron chi connectivity index (χ1n) is 6.77. The molecule has 0 radical (unpaired) electrons. The molecule has 1 unspecified atom stereocenters. The average molecular weight is 260 g/mol. The molecule has 1 saturated heterocycles. The van der Waals surface area contributed by atoms with Crippen molar-refractivity contribution in [3.05, 3.63) is 35.8 Å². The first-order chi connectivity index (χ1) is 9.15. The molecule has 102 valence electrons. The zero-order chi connectivity index (χ0) is 13.4. The molecule has 0 aliphatic carbocycles. The molecule has 0 aromatic rings. The van der Waals surface area contributed by atoms with Crippen LogP contribution in [0.15, 0.2) is 35.8 Å². The first kappa shape index (κ1) is 12.3. The number of hydrogen-bond acceptors (Lipinski definition) is 4. The number of likely N-dealkylation sites (tertiary alicyclic amines) is 1. The number of nitrogens with one attached hydrogen (secondary N) is 1. The van der Waals surface area contributed by atoms with Crippen molar-refractivity contribution in [1.82, 2.24) is 15.1 Å². The lowest BCUT2D eigenvalue weighted by Gasteiger charge is -2.30. The molecule has 5 nitrogen and oxygen atoms in total. The van der Waals surface area contributed by atoms with Gasteiger partial charge in [0.05, 0.1) is 5.57 Å². The van der Waals surface area contributed by atoms with Crippen LogP contribution in [0, 0.1) is 5.92 Å². The van der Waals surface area contributed by atoms with Gasteiger partial charge in [0.1, 0.15) is 6.17 Å². The van der Waals surface area contributed by atoms with Gasteiger partial charge in [0.15, 0.2) is 0 Å². The minimum Gasteiger partial charge on any atom is -0.366 e. The summed E-state index contributed by atoms with van der Waals surface area (Å²) in [5.74, 6) is 0.203. The fraction of sp³-hybridized carbons (Fsp3) is 0.500. The maximum absolute atomic E-state index is 11.4. The van der Waals surface area contributed by atoms with E-state index in [1.54, 1.807) is 6.08 Å². The minimum absolute atomic E-state index is 0.114. The van der Waals surface area contributed by atoms with Gasteiger partial charge in [-0.2, -0.15) is 0 Å². The summed E-state index contributed by atoms with van der Waals surface area (Å²) in [7, 11) is 2.16. The Morgan fingerprint density at radius 1 is 1.42 bits per heavy atom. The summed E-state index contributed by atoms with van der Waals surface area (Å²) in [4.78, 5) is 15.8. The summed E-state index contributed by atoms with van der Waals surface area (Å²) in [6.07, 6.45) is 9.97. The zero-order valence-electron chi connectivity index (χ0n) is 11.2. The predicted octanol–water partition coefficient (Wildman–Crippen LogP) is 0.340. The van der Waals surface area contributed by atoms with E-state index >= 15 is 0 Å². The van der Waals surface area contributed by atoms with Gasteiger partial charge in [0.25, 0.3) is 0 Å². The third kappa shape index (κ3) is 2.26. The smallest absolute Gasteiger partial charge is 0.248 e. The number of nitrogens with two attached hydrogens (primary N) is 1. The van der Waals surface area contributed by atoms with Crippen molar-refractivity contribution in [3.8, 4) is 0 Å². The van der Waals surface area contributed by atoms with Gasteiger partial charge < -0.3 is 20.9 Å². The van der Waals surface area contributed by atoms with E-state index in [1.165, 1.54) is 5.70 Å². The van der Waals surface area contributed by atoms with Gasteiger partial charge in [-0.25, -0.2) is 0 Å². The second kappa shape index (κ2) is 4.74. The van der Waals surface area contributed by atoms with Crippen molar-refractivity contribution < 1.29 is 4.79 Å². The van der Waals surface area contributed by atoms with E-state index in [2.05, 4.69) is 23.5 Å². The fourth-order valence-electron chi connectivity index (χ4n) is 2.97. The van der Waals surface area contributed by atoms with Gasteiger partial charge in [-0.3, -0.25) is 4.79 Å². The molecule has 1 fully saturated rings. The molecule has 1 atom stereocenters. The number of nitrogens with zero attached hydrogens (tertiary/aromatic N) is 2. The van der Waals surface area contributed by atoms with Crippen LogP contribution in [0.1, 0.15) is 12.8 Å². The summed E-state index contributed by atoms with van der Waals surface area (Å²) < 4.78 is 0. The van der Waals surface area contributed by atoms with E-state index in [-0.39, 0.29) is 12.1 Å². The number of hydrogen-bond donors (Lipinski definition) is 2. The molecule has 0 spiro atoms. The second-order valence-electron chi connectivity index (χ2n) is 5.48. The Labute approximate surface area is 113 Å². The summed E-state index contributed by atoms with van der Waals surface area (Å²) >= 11 is 0. The van der Waals surface area contributed by atoms with Crippen LogP contribution in [-0.4, -0.2) is 42.0 Å². The van der Waals surface area contributed by atoms with Crippen LogP contribution in [0.4, 0.5) is 0 Å². The molecule has 19 heavy (non-hydrogen) atoms. The van der Waals surface area contributed by atoms with Crippen molar-refractivity contribution >= 4 is 5.91 Å². The van der Waals surface area contributed by atoms with Gasteiger partial charge in [-0.15, -0.1) is 0 Å². The van der Waals surface area contributed by atoms with Gasteiger partial charge >= 0.3 is 0 Å². The lowest BCUT2D eigenvalue weighted by Crippen LogP contribution is -2.42. The molecule has 3 aliphatic heterocycles. The number of allylic oxidation sites excluding steroid dienone is 3. The van der Waals surface area contributed by atoms with Gasteiger partial charge in [0.2, 0.25) is 5.91 Å². The number of primary amides is 1. The topological polar surface area (TPSA) is 61.6 Å². The summed E-state index contributed by atoms with van der Waals surface area (Å²) in [6, 6.07) is 0. The highest BCUT2D eigenvalue weighted by Crippen LogP contribution is 2.30. The maximum Gasteiger partial charge on any atom is 0.248 e. The Morgan fingerprint density at radius 2 is 2.16 bits per heavy atom. The van der Waals surface area contributed by atoms with Crippen molar-refractivity contribution in [2.45, 2.75) is 19.0 Å². The summed E-state index contributed by atoms with van der Waals surface area (Å²) in [5.41, 5.74) is 7.29. The molecule has 3 heterocycles. The highest BCUT2D eigenvalue weighted by Gasteiger charge is 2.33. The van der Waals surface area contributed by atoms with Crippen molar-refractivity contribution in [2.24, 2.45) is 11.7 Å². The van der Waals surface area contributed by atoms with E-state index in [1.807, 2.05) is 17.2 Å². The quantitative estimate of drug-likeness (QED) is 0.751. The van der Waals surface area contributed by atoms with Crippen LogP contribution in [0.2, 0.25) is 0 Å². The van der Waals surface area contributed by atoms with Gasteiger partial charge in [-0.05, 0) is 45.1 Å². The van der Waals surface area contributed by atoms with Crippen molar-refractivity contribution in [1.29, 1.82) is 0 Å². The lowest BCUT2D eigenvalue weighted by atomic mass is 9.94. The molecule has 5 heteroatoms. The van der Waals surface area contributed by atoms with Crippen molar-refractivity contribution in [3.63, 3.8) is 0 Å². The molecule has 0 aromatic heterocycles. The third-order valence-corrected chi connectivity index (χ3v) is 4.16. The SMILES string of the molecule is CN1CCC(C2=CN3C=CC=C(C(N)=O)C3N2)CC1. The van der Waals surface area contributed by atoms with Crippen LogP contribution >= 0.6 is 0 Å². The Bertz CT molecular complexity index is 472. The molecular weight excluding hydrogens is 240 g/mol. The molecule has 3 N–H and O–H groups in total. The molecule has 0 saturated carbocycles. The van der Waals surface area contributed by atoms with E-state index in [9.17, 15) is 4.79 Å². The standard InChI is InChI=1S/C14H20N4O/c1-17-7-4-10(5-8-17)12-9-18-6-2-3-11(13(15)19)14(18)16-12/h2-3,6,9-10,14,16H,4-5,7-8H2,1H3,(H2,15,19). The van der Waals surface area contributed by atoms with Crippen molar-refractivity contribution in [2.75, 3.05) is 20.1 Å². The molecule has 3 aliphatic rings. The van der Waals surface area contributed by atoms with E-state index in [0.717, 1.165) is 25.9 Å². The van der Waals surface area contributed by atoms with E-state index in [0.29, 0.717) is 11.5 Å². The van der Waals surface area contributed by atoms with Crippen LogP contribution in [-0.2, 0) is 4.79 Å². The van der Waals surface area contributed by atoms with Crippen LogP contribution in [0.25, 0.3) is 0 Å². The number of piperidine rings is 1. The van der Waals surface area contributed by atoms with Crippen LogP contribution in [0.3, 0.4) is 0 Å². The fourth-order valence-corrected chi connectivity index (χ4v) is 2.97. The summed E-state index contributed by atoms with van der Waals surface area (Å²) in [6.45, 7) is 2.26. The molecule has 3 rings (SSSR count). The number of fused-ring (bicyclic) bond motifs is 1. The van der Waals surface area contributed by atoms with E-state index < -0.39 is 0 Å². The van der Waals surface area contributed by atoms with Crippen LogP contribution in [0.5, 0.6) is 0 Å². The highest BCUT2D eigenvalue weighted by atomic mass is 16.1. The Morgan fingerprint density at radius 3 is 2.84 bits per heavy atom. The zero-order valence-corrected chi connectivity index (χ0v) is 11.2. The largest absolute Gasteiger partial charge is 0.366 e. The number of rotatable bonds is 2. The molecular formula is C14H20N4O. The monoisotopic (exact) mass is 260 g/mol. The number of carbonyl (C=O) groups is 1. The lowest BCUT2D eigenvalue weighted by molar-refractivity contribution is -0.115. The average Bonchev–Trinajstić information content (AvgIpc) is 2.82. The predicted molar refractivity (Wildman–Crippen MR) is 73.5 cm³/mol. The summed E-state index contributed by atoms with van der Waals surface area (Å²) in [5, 5.41) is 3.46. The Kier molecular flexibility index (Phi) is 3.06. The Hall–Kier alpha value is -1.75.